The zero-order valence-electron chi connectivity index (χ0n) is 12.0. The molecule has 0 aliphatic heterocycles. The summed E-state index contributed by atoms with van der Waals surface area (Å²) in [7, 11) is 3.13. The number of fused-ring (bicyclic) bond motifs is 2. The highest BCUT2D eigenvalue weighted by Gasteiger charge is 2.56. The maximum Gasteiger partial charge on any atom is 0.331 e. The summed E-state index contributed by atoms with van der Waals surface area (Å²) in [5, 5.41) is 3.46. The number of carbonyl (C=O) groups excluding carboxylic acids is 1. The van der Waals surface area contributed by atoms with Gasteiger partial charge in [-0.15, -0.1) is 0 Å². The highest BCUT2D eigenvalue weighted by atomic mass is 16.5. The van der Waals surface area contributed by atoms with Crippen LogP contribution in [0.1, 0.15) is 25.7 Å². The maximum absolute atomic E-state index is 12.3. The summed E-state index contributed by atoms with van der Waals surface area (Å²) >= 11 is 0. The first-order chi connectivity index (χ1) is 9.68. The molecule has 108 valence electrons. The molecule has 4 heteroatoms. The number of carbonyl (C=O) groups is 1. The van der Waals surface area contributed by atoms with Crippen LogP contribution in [0.5, 0.6) is 5.75 Å². The van der Waals surface area contributed by atoms with Gasteiger partial charge in [-0.3, -0.25) is 0 Å². The molecular formula is C16H21NO3. The Kier molecular flexibility index (Phi) is 3.32. The topological polar surface area (TPSA) is 47.6 Å². The van der Waals surface area contributed by atoms with Crippen molar-refractivity contribution >= 4 is 11.7 Å². The summed E-state index contributed by atoms with van der Waals surface area (Å²) in [5.74, 6) is 1.74. The molecule has 0 radical (unpaired) electrons. The molecule has 20 heavy (non-hydrogen) atoms. The van der Waals surface area contributed by atoms with Gasteiger partial charge in [-0.2, -0.15) is 0 Å². The average Bonchev–Trinajstić information content (AvgIpc) is 3.08. The second kappa shape index (κ2) is 5.00. The lowest BCUT2D eigenvalue weighted by atomic mass is 9.80. The van der Waals surface area contributed by atoms with Crippen molar-refractivity contribution < 1.29 is 14.3 Å². The summed E-state index contributed by atoms with van der Waals surface area (Å²) in [6.45, 7) is 0. The van der Waals surface area contributed by atoms with E-state index < -0.39 is 5.54 Å². The van der Waals surface area contributed by atoms with Crippen molar-refractivity contribution in [3.8, 4) is 5.75 Å². The van der Waals surface area contributed by atoms with E-state index in [1.165, 1.54) is 13.5 Å². The zero-order valence-corrected chi connectivity index (χ0v) is 12.0. The summed E-state index contributed by atoms with van der Waals surface area (Å²) in [6.07, 6.45) is 4.38. The molecule has 1 aromatic carbocycles. The van der Waals surface area contributed by atoms with E-state index in [1.807, 2.05) is 24.3 Å². The number of anilines is 1. The number of benzene rings is 1. The smallest absolute Gasteiger partial charge is 0.331 e. The van der Waals surface area contributed by atoms with Crippen molar-refractivity contribution in [2.45, 2.75) is 31.2 Å². The van der Waals surface area contributed by atoms with Crippen LogP contribution >= 0.6 is 0 Å². The Morgan fingerprint density at radius 1 is 1.25 bits per heavy atom. The first-order valence-corrected chi connectivity index (χ1v) is 7.18. The van der Waals surface area contributed by atoms with Gasteiger partial charge in [-0.25, -0.2) is 4.79 Å². The predicted molar refractivity (Wildman–Crippen MR) is 76.8 cm³/mol. The quantitative estimate of drug-likeness (QED) is 0.858. The van der Waals surface area contributed by atoms with Gasteiger partial charge in [0, 0.05) is 5.69 Å². The Bertz CT molecular complexity index is 499. The summed E-state index contributed by atoms with van der Waals surface area (Å²) in [4.78, 5) is 12.3. The molecule has 4 nitrogen and oxygen atoms in total. The van der Waals surface area contributed by atoms with Crippen LogP contribution in [0.15, 0.2) is 24.3 Å². The molecule has 0 saturated heterocycles. The molecule has 0 heterocycles. The second-order valence-electron chi connectivity index (χ2n) is 5.90. The Labute approximate surface area is 119 Å². The van der Waals surface area contributed by atoms with Crippen molar-refractivity contribution in [3.05, 3.63) is 24.3 Å². The van der Waals surface area contributed by atoms with E-state index in [9.17, 15) is 4.79 Å². The maximum atomic E-state index is 12.3. The lowest BCUT2D eigenvalue weighted by molar-refractivity contribution is -0.148. The standard InChI is InChI=1S/C16H21NO3/c1-19-14-7-5-13(6-8-14)17-16(15(18)20-2)10-11-3-4-12(16)9-11/h5-8,11-12,17H,3-4,9-10H2,1-2H3. The third-order valence-corrected chi connectivity index (χ3v) is 4.86. The Morgan fingerprint density at radius 3 is 2.50 bits per heavy atom. The van der Waals surface area contributed by atoms with Crippen molar-refractivity contribution in [3.63, 3.8) is 0 Å². The highest BCUT2D eigenvalue weighted by Crippen LogP contribution is 2.52. The normalized spacial score (nSPS) is 31.1. The van der Waals surface area contributed by atoms with Crippen molar-refractivity contribution in [1.29, 1.82) is 0 Å². The van der Waals surface area contributed by atoms with Crippen molar-refractivity contribution in [2.24, 2.45) is 11.8 Å². The van der Waals surface area contributed by atoms with Gasteiger partial charge in [-0.05, 0) is 61.8 Å². The van der Waals surface area contributed by atoms with E-state index >= 15 is 0 Å². The Balaban J connectivity index is 1.85. The molecule has 3 rings (SSSR count). The van der Waals surface area contributed by atoms with Gasteiger partial charge >= 0.3 is 5.97 Å². The Morgan fingerprint density at radius 2 is 2.00 bits per heavy atom. The number of methoxy groups -OCH3 is 2. The van der Waals surface area contributed by atoms with Gasteiger partial charge in [0.2, 0.25) is 0 Å². The number of esters is 1. The third kappa shape index (κ3) is 2.03. The number of hydrogen-bond donors (Lipinski definition) is 1. The van der Waals surface area contributed by atoms with Crippen LogP contribution in [-0.2, 0) is 9.53 Å². The number of rotatable bonds is 4. The zero-order chi connectivity index (χ0) is 14.2. The van der Waals surface area contributed by atoms with Gasteiger partial charge in [0.05, 0.1) is 14.2 Å². The summed E-state index contributed by atoms with van der Waals surface area (Å²) in [5.41, 5.74) is 0.412. The van der Waals surface area contributed by atoms with Crippen molar-refractivity contribution in [2.75, 3.05) is 19.5 Å². The molecule has 3 atom stereocenters. The van der Waals surface area contributed by atoms with E-state index in [2.05, 4.69) is 5.32 Å². The molecule has 2 bridgehead atoms. The van der Waals surface area contributed by atoms with Crippen LogP contribution in [-0.4, -0.2) is 25.7 Å². The molecule has 1 aromatic rings. The number of ether oxygens (including phenoxy) is 2. The van der Waals surface area contributed by atoms with E-state index in [4.69, 9.17) is 9.47 Å². The molecule has 0 amide bonds. The molecule has 2 aliphatic rings. The average molecular weight is 275 g/mol. The number of hydrogen-bond acceptors (Lipinski definition) is 4. The van der Waals surface area contributed by atoms with Gasteiger partial charge in [-0.1, -0.05) is 0 Å². The van der Waals surface area contributed by atoms with Gasteiger partial charge in [0.1, 0.15) is 11.3 Å². The molecular weight excluding hydrogens is 254 g/mol. The van der Waals surface area contributed by atoms with E-state index in [1.54, 1.807) is 7.11 Å². The molecule has 3 unspecified atom stereocenters. The van der Waals surface area contributed by atoms with E-state index in [-0.39, 0.29) is 5.97 Å². The molecule has 1 N–H and O–H groups in total. The first-order valence-electron chi connectivity index (χ1n) is 7.18. The summed E-state index contributed by atoms with van der Waals surface area (Å²) in [6, 6.07) is 7.71. The molecule has 0 spiro atoms. The minimum absolute atomic E-state index is 0.125. The lowest BCUT2D eigenvalue weighted by Crippen LogP contribution is -2.51. The fourth-order valence-electron chi connectivity index (χ4n) is 3.90. The molecule has 2 aliphatic carbocycles. The first kappa shape index (κ1) is 13.3. The van der Waals surface area contributed by atoms with Crippen molar-refractivity contribution in [1.82, 2.24) is 0 Å². The second-order valence-corrected chi connectivity index (χ2v) is 5.90. The van der Waals surface area contributed by atoms with Crippen LogP contribution in [0, 0.1) is 11.8 Å². The van der Waals surface area contributed by atoms with Gasteiger partial charge in [0.15, 0.2) is 0 Å². The lowest BCUT2D eigenvalue weighted by Gasteiger charge is -2.36. The minimum atomic E-state index is -0.535. The van der Waals surface area contributed by atoms with Gasteiger partial charge in [0.25, 0.3) is 0 Å². The Hall–Kier alpha value is -1.71. The summed E-state index contributed by atoms with van der Waals surface area (Å²) < 4.78 is 10.2. The van der Waals surface area contributed by atoms with Crippen LogP contribution in [0.3, 0.4) is 0 Å². The van der Waals surface area contributed by atoms with Crippen LogP contribution < -0.4 is 10.1 Å². The molecule has 2 saturated carbocycles. The third-order valence-electron chi connectivity index (χ3n) is 4.86. The van der Waals surface area contributed by atoms with Crippen LogP contribution in [0.4, 0.5) is 5.69 Å². The van der Waals surface area contributed by atoms with E-state index in [0.29, 0.717) is 11.8 Å². The fourth-order valence-corrected chi connectivity index (χ4v) is 3.90. The van der Waals surface area contributed by atoms with Crippen LogP contribution in [0.25, 0.3) is 0 Å². The van der Waals surface area contributed by atoms with Crippen LogP contribution in [0.2, 0.25) is 0 Å². The molecule has 2 fully saturated rings. The largest absolute Gasteiger partial charge is 0.497 e. The van der Waals surface area contributed by atoms with E-state index in [0.717, 1.165) is 30.7 Å². The molecule has 0 aromatic heterocycles. The fraction of sp³-hybridized carbons (Fsp3) is 0.562. The highest BCUT2D eigenvalue weighted by molar-refractivity contribution is 5.85. The monoisotopic (exact) mass is 275 g/mol. The number of nitrogens with one attached hydrogen (secondary N) is 1. The van der Waals surface area contributed by atoms with Gasteiger partial charge < -0.3 is 14.8 Å². The SMILES string of the molecule is COC(=O)C1(Nc2ccc(OC)cc2)CC2CCC1C2. The predicted octanol–water partition coefficient (Wildman–Crippen LogP) is 2.84. The minimum Gasteiger partial charge on any atom is -0.497 e.